The van der Waals surface area contributed by atoms with E-state index >= 15 is 0 Å². The van der Waals surface area contributed by atoms with Gasteiger partial charge in [0.2, 0.25) is 0 Å². The van der Waals surface area contributed by atoms with Crippen LogP contribution in [0.25, 0.3) is 0 Å². The standard InChI is InChI=1S/C24H29ClN2O6/c25-17-1-4-21-16(11-17)13-24(33-21)5-8-27(9-6-24)14-19(30)15-32-22-12-18(29)2-3-20(22)23(31)26-7-10-28/h1-4,11-12,19,28-30H,5-10,13-15H2,(H,26,31)/t19-/m1/s1. The number of phenolic OH excluding ortho intramolecular Hbond substituents is 1. The number of hydrogen-bond donors (Lipinski definition) is 4. The molecule has 4 N–H and O–H groups in total. The lowest BCUT2D eigenvalue weighted by molar-refractivity contribution is -0.00200. The number of halogens is 1. The number of amides is 1. The van der Waals surface area contributed by atoms with Crippen LogP contribution in [0.3, 0.4) is 0 Å². The van der Waals surface area contributed by atoms with Crippen molar-refractivity contribution in [2.24, 2.45) is 0 Å². The van der Waals surface area contributed by atoms with Gasteiger partial charge < -0.3 is 35.0 Å². The number of ether oxygens (including phenoxy) is 2. The molecule has 2 aliphatic heterocycles. The van der Waals surface area contributed by atoms with Crippen molar-refractivity contribution in [3.8, 4) is 17.2 Å². The molecule has 33 heavy (non-hydrogen) atoms. The zero-order valence-corrected chi connectivity index (χ0v) is 19.1. The summed E-state index contributed by atoms with van der Waals surface area (Å²) in [4.78, 5) is 14.4. The largest absolute Gasteiger partial charge is 0.508 e. The number of piperidine rings is 1. The smallest absolute Gasteiger partial charge is 0.255 e. The van der Waals surface area contributed by atoms with Gasteiger partial charge in [0.25, 0.3) is 5.91 Å². The van der Waals surface area contributed by atoms with Gasteiger partial charge in [-0.3, -0.25) is 4.79 Å². The topological polar surface area (TPSA) is 111 Å². The van der Waals surface area contributed by atoms with Crippen LogP contribution in [0.5, 0.6) is 17.2 Å². The number of aliphatic hydroxyl groups excluding tert-OH is 2. The highest BCUT2D eigenvalue weighted by Crippen LogP contribution is 2.41. The summed E-state index contributed by atoms with van der Waals surface area (Å²) < 4.78 is 11.9. The summed E-state index contributed by atoms with van der Waals surface area (Å²) >= 11 is 6.11. The molecule has 0 aromatic heterocycles. The van der Waals surface area contributed by atoms with Crippen LogP contribution in [-0.4, -0.2) is 77.2 Å². The lowest BCUT2D eigenvalue weighted by Gasteiger charge is -2.39. The summed E-state index contributed by atoms with van der Waals surface area (Å²) in [6.07, 6.45) is 1.79. The number of nitrogens with zero attached hydrogens (tertiary/aromatic N) is 1. The number of aliphatic hydroxyl groups is 2. The third-order valence-electron chi connectivity index (χ3n) is 6.14. The molecule has 1 spiro atoms. The van der Waals surface area contributed by atoms with E-state index in [9.17, 15) is 15.0 Å². The van der Waals surface area contributed by atoms with Crippen molar-refractivity contribution in [1.29, 1.82) is 0 Å². The normalized spacial score (nSPS) is 17.9. The van der Waals surface area contributed by atoms with Crippen LogP contribution in [0.1, 0.15) is 28.8 Å². The third-order valence-corrected chi connectivity index (χ3v) is 6.37. The maximum atomic E-state index is 12.2. The van der Waals surface area contributed by atoms with Gasteiger partial charge >= 0.3 is 0 Å². The van der Waals surface area contributed by atoms with Crippen LogP contribution in [0.15, 0.2) is 36.4 Å². The number of β-amino-alcohol motifs (C(OH)–C–C–N with tert-alkyl or cyclic N) is 1. The third kappa shape index (κ3) is 5.70. The molecule has 2 aromatic rings. The molecule has 4 rings (SSSR count). The lowest BCUT2D eigenvalue weighted by Crippen LogP contribution is -2.49. The maximum absolute atomic E-state index is 12.2. The zero-order chi connectivity index (χ0) is 23.4. The van der Waals surface area contributed by atoms with Gasteiger partial charge in [0, 0.05) is 56.5 Å². The van der Waals surface area contributed by atoms with Gasteiger partial charge in [-0.25, -0.2) is 0 Å². The predicted molar refractivity (Wildman–Crippen MR) is 123 cm³/mol. The molecule has 1 amide bonds. The number of nitrogens with one attached hydrogen (secondary N) is 1. The molecule has 0 bridgehead atoms. The molecule has 178 valence electrons. The van der Waals surface area contributed by atoms with E-state index in [0.717, 1.165) is 48.7 Å². The fourth-order valence-electron chi connectivity index (χ4n) is 4.44. The van der Waals surface area contributed by atoms with Crippen molar-refractivity contribution in [2.75, 3.05) is 39.4 Å². The van der Waals surface area contributed by atoms with Crippen LogP contribution < -0.4 is 14.8 Å². The molecular weight excluding hydrogens is 448 g/mol. The van der Waals surface area contributed by atoms with Crippen LogP contribution in [-0.2, 0) is 6.42 Å². The monoisotopic (exact) mass is 476 g/mol. The molecule has 0 aliphatic carbocycles. The van der Waals surface area contributed by atoms with E-state index < -0.39 is 12.0 Å². The highest BCUT2D eigenvalue weighted by Gasteiger charge is 2.42. The zero-order valence-electron chi connectivity index (χ0n) is 18.3. The van der Waals surface area contributed by atoms with Crippen LogP contribution in [0.4, 0.5) is 0 Å². The van der Waals surface area contributed by atoms with Gasteiger partial charge in [0.05, 0.1) is 12.2 Å². The minimum atomic E-state index is -0.768. The summed E-state index contributed by atoms with van der Waals surface area (Å²) in [5, 5.41) is 32.5. The lowest BCUT2D eigenvalue weighted by atomic mass is 9.87. The van der Waals surface area contributed by atoms with Crippen LogP contribution in [0.2, 0.25) is 5.02 Å². The van der Waals surface area contributed by atoms with Crippen molar-refractivity contribution >= 4 is 17.5 Å². The van der Waals surface area contributed by atoms with E-state index in [2.05, 4.69) is 10.2 Å². The highest BCUT2D eigenvalue weighted by atomic mass is 35.5. The number of carbonyl (C=O) groups excluding carboxylic acids is 1. The Bertz CT molecular complexity index is 993. The summed E-state index contributed by atoms with van der Waals surface area (Å²) in [5.74, 6) is 0.621. The SMILES string of the molecule is O=C(NCCO)c1ccc(O)cc1OC[C@H](O)CN1CCC2(CC1)Cc1cc(Cl)ccc1O2. The number of hydrogen-bond acceptors (Lipinski definition) is 7. The molecule has 0 saturated carbocycles. The van der Waals surface area contributed by atoms with Gasteiger partial charge in [-0.05, 0) is 35.9 Å². The molecule has 2 aromatic carbocycles. The Morgan fingerprint density at radius 1 is 1.24 bits per heavy atom. The minimum Gasteiger partial charge on any atom is -0.508 e. The molecule has 9 heteroatoms. The van der Waals surface area contributed by atoms with Gasteiger partial charge in [0.1, 0.15) is 35.6 Å². The van der Waals surface area contributed by atoms with Crippen molar-refractivity contribution in [1.82, 2.24) is 10.2 Å². The molecule has 8 nitrogen and oxygen atoms in total. The Hall–Kier alpha value is -2.52. The molecule has 1 fully saturated rings. The summed E-state index contributed by atoms with van der Waals surface area (Å²) in [6, 6.07) is 9.92. The molecule has 0 unspecified atom stereocenters. The fraction of sp³-hybridized carbons (Fsp3) is 0.458. The number of phenols is 1. The van der Waals surface area contributed by atoms with Gasteiger partial charge in [-0.2, -0.15) is 0 Å². The first-order chi connectivity index (χ1) is 15.9. The van der Waals surface area contributed by atoms with E-state index in [1.165, 1.54) is 18.2 Å². The molecule has 1 saturated heterocycles. The molecular formula is C24H29ClN2O6. The number of carbonyl (C=O) groups is 1. The summed E-state index contributed by atoms with van der Waals surface area (Å²) in [7, 11) is 0. The van der Waals surface area contributed by atoms with E-state index in [1.54, 1.807) is 0 Å². The fourth-order valence-corrected chi connectivity index (χ4v) is 4.64. The molecule has 1 atom stereocenters. The number of likely N-dealkylation sites (tertiary alicyclic amines) is 1. The molecule has 2 heterocycles. The van der Waals surface area contributed by atoms with Gasteiger partial charge in [-0.15, -0.1) is 0 Å². The van der Waals surface area contributed by atoms with E-state index in [4.69, 9.17) is 26.2 Å². The Balaban J connectivity index is 1.27. The second-order valence-electron chi connectivity index (χ2n) is 8.64. The van der Waals surface area contributed by atoms with Crippen molar-refractivity contribution in [2.45, 2.75) is 31.0 Å². The predicted octanol–water partition coefficient (Wildman–Crippen LogP) is 1.98. The number of fused-ring (bicyclic) bond motifs is 1. The van der Waals surface area contributed by atoms with E-state index in [1.807, 2.05) is 18.2 Å². The Morgan fingerprint density at radius 2 is 2.03 bits per heavy atom. The summed E-state index contributed by atoms with van der Waals surface area (Å²) in [6.45, 7) is 1.92. The minimum absolute atomic E-state index is 0.0220. The van der Waals surface area contributed by atoms with Crippen molar-refractivity contribution in [3.05, 3.63) is 52.5 Å². The first kappa shape index (κ1) is 23.6. The first-order valence-corrected chi connectivity index (χ1v) is 11.5. The van der Waals surface area contributed by atoms with Crippen molar-refractivity contribution < 1.29 is 29.6 Å². The average molecular weight is 477 g/mol. The Morgan fingerprint density at radius 3 is 2.79 bits per heavy atom. The second-order valence-corrected chi connectivity index (χ2v) is 9.08. The van der Waals surface area contributed by atoms with E-state index in [-0.39, 0.29) is 42.4 Å². The van der Waals surface area contributed by atoms with E-state index in [0.29, 0.717) is 6.54 Å². The highest BCUT2D eigenvalue weighted by molar-refractivity contribution is 6.30. The first-order valence-electron chi connectivity index (χ1n) is 11.1. The van der Waals surface area contributed by atoms with Crippen LogP contribution >= 0.6 is 11.6 Å². The van der Waals surface area contributed by atoms with Gasteiger partial charge in [-0.1, -0.05) is 11.6 Å². The number of rotatable bonds is 8. The van der Waals surface area contributed by atoms with Crippen molar-refractivity contribution in [3.63, 3.8) is 0 Å². The maximum Gasteiger partial charge on any atom is 0.255 e. The molecule has 0 radical (unpaired) electrons. The Kier molecular flexibility index (Phi) is 7.29. The molecule has 2 aliphatic rings. The summed E-state index contributed by atoms with van der Waals surface area (Å²) in [5.41, 5.74) is 1.17. The quantitative estimate of drug-likeness (QED) is 0.461. The second kappa shape index (κ2) is 10.2. The number of aromatic hydroxyl groups is 1. The Labute approximate surface area is 197 Å². The van der Waals surface area contributed by atoms with Gasteiger partial charge in [0.15, 0.2) is 0 Å². The average Bonchev–Trinajstić information content (AvgIpc) is 3.14. The number of benzene rings is 2. The van der Waals surface area contributed by atoms with Crippen LogP contribution in [0, 0.1) is 0 Å².